The third kappa shape index (κ3) is 3.18. The molecule has 1 amide bonds. The summed E-state index contributed by atoms with van der Waals surface area (Å²) in [7, 11) is 1.52. The van der Waals surface area contributed by atoms with Crippen LogP contribution in [0.25, 0.3) is 0 Å². The first-order valence-electron chi connectivity index (χ1n) is 4.58. The van der Waals surface area contributed by atoms with Crippen LogP contribution in [-0.2, 0) is 16.1 Å². The van der Waals surface area contributed by atoms with Crippen LogP contribution >= 0.6 is 0 Å². The fourth-order valence-corrected chi connectivity index (χ4v) is 1.04. The number of methoxy groups -OCH3 is 1. The van der Waals surface area contributed by atoms with Crippen LogP contribution < -0.4 is 5.32 Å². The molecular weight excluding hydrogens is 178 g/mol. The van der Waals surface area contributed by atoms with E-state index in [-0.39, 0.29) is 5.91 Å². The highest BCUT2D eigenvalue weighted by Gasteiger charge is 2.09. The molecule has 1 unspecified atom stereocenters. The van der Waals surface area contributed by atoms with Gasteiger partial charge in [0.25, 0.3) is 0 Å². The third-order valence-electron chi connectivity index (χ3n) is 2.03. The molecule has 1 atom stereocenters. The summed E-state index contributed by atoms with van der Waals surface area (Å²) in [5.74, 6) is -0.0867. The van der Waals surface area contributed by atoms with Crippen LogP contribution in [0, 0.1) is 0 Å². The third-order valence-corrected chi connectivity index (χ3v) is 2.03. The van der Waals surface area contributed by atoms with Crippen molar-refractivity contribution >= 4 is 5.91 Å². The number of hydrogen-bond acceptors (Lipinski definition) is 2. The number of nitrogens with one attached hydrogen (secondary N) is 1. The molecule has 1 rings (SSSR count). The van der Waals surface area contributed by atoms with E-state index >= 15 is 0 Å². The van der Waals surface area contributed by atoms with Gasteiger partial charge in [-0.15, -0.1) is 0 Å². The Morgan fingerprint density at radius 2 is 2.07 bits per heavy atom. The van der Waals surface area contributed by atoms with E-state index in [4.69, 9.17) is 4.74 Å². The van der Waals surface area contributed by atoms with Gasteiger partial charge in [0.15, 0.2) is 0 Å². The summed E-state index contributed by atoms with van der Waals surface area (Å²) in [6, 6.07) is 9.78. The maximum atomic E-state index is 11.3. The molecule has 0 aliphatic carbocycles. The van der Waals surface area contributed by atoms with E-state index in [0.717, 1.165) is 5.56 Å². The molecule has 0 heterocycles. The molecule has 3 nitrogen and oxygen atoms in total. The molecule has 3 heteroatoms. The van der Waals surface area contributed by atoms with Gasteiger partial charge in [0.2, 0.25) is 5.91 Å². The van der Waals surface area contributed by atoms with Gasteiger partial charge in [-0.3, -0.25) is 4.79 Å². The summed E-state index contributed by atoms with van der Waals surface area (Å²) in [6.45, 7) is 2.27. The predicted molar refractivity (Wildman–Crippen MR) is 54.8 cm³/mol. The second-order valence-electron chi connectivity index (χ2n) is 3.08. The average molecular weight is 193 g/mol. The van der Waals surface area contributed by atoms with E-state index in [9.17, 15) is 4.79 Å². The molecular formula is C11H15NO2. The van der Waals surface area contributed by atoms with Crippen molar-refractivity contribution < 1.29 is 9.53 Å². The van der Waals surface area contributed by atoms with Gasteiger partial charge in [-0.1, -0.05) is 30.3 Å². The van der Waals surface area contributed by atoms with Gasteiger partial charge in [-0.05, 0) is 12.5 Å². The Balaban J connectivity index is 2.38. The van der Waals surface area contributed by atoms with Gasteiger partial charge in [-0.2, -0.15) is 0 Å². The average Bonchev–Trinajstić information content (AvgIpc) is 2.26. The fraction of sp³-hybridized carbons (Fsp3) is 0.364. The molecule has 0 radical (unpaired) electrons. The molecule has 0 spiro atoms. The number of amides is 1. The summed E-state index contributed by atoms with van der Waals surface area (Å²) in [6.07, 6.45) is -0.390. The summed E-state index contributed by atoms with van der Waals surface area (Å²) >= 11 is 0. The summed E-state index contributed by atoms with van der Waals surface area (Å²) in [4.78, 5) is 11.3. The van der Waals surface area contributed by atoms with Crippen LogP contribution in [0.15, 0.2) is 30.3 Å². The Morgan fingerprint density at radius 1 is 1.43 bits per heavy atom. The Bertz CT molecular complexity index is 285. The van der Waals surface area contributed by atoms with Gasteiger partial charge in [0.1, 0.15) is 6.10 Å². The quantitative estimate of drug-likeness (QED) is 0.783. The van der Waals surface area contributed by atoms with E-state index in [1.54, 1.807) is 6.92 Å². The molecule has 0 aromatic heterocycles. The molecule has 0 saturated carbocycles. The zero-order valence-electron chi connectivity index (χ0n) is 8.49. The first-order chi connectivity index (χ1) is 6.74. The van der Waals surface area contributed by atoms with Gasteiger partial charge in [0, 0.05) is 13.7 Å². The molecule has 0 aliphatic rings. The first kappa shape index (κ1) is 10.7. The monoisotopic (exact) mass is 193 g/mol. The number of hydrogen-bond donors (Lipinski definition) is 1. The molecule has 0 bridgehead atoms. The Labute approximate surface area is 84.1 Å². The SMILES string of the molecule is COC(C)C(=O)NCc1ccccc1. The van der Waals surface area contributed by atoms with E-state index in [1.807, 2.05) is 30.3 Å². The van der Waals surface area contributed by atoms with Crippen molar-refractivity contribution in [3.63, 3.8) is 0 Å². The molecule has 1 aromatic carbocycles. The molecule has 76 valence electrons. The van der Waals surface area contributed by atoms with Crippen molar-refractivity contribution in [1.29, 1.82) is 0 Å². The lowest BCUT2D eigenvalue weighted by molar-refractivity contribution is -0.130. The number of rotatable bonds is 4. The number of ether oxygens (including phenoxy) is 1. The molecule has 1 N–H and O–H groups in total. The zero-order chi connectivity index (χ0) is 10.4. The highest BCUT2D eigenvalue weighted by Crippen LogP contribution is 1.97. The number of carbonyl (C=O) groups excluding carboxylic acids is 1. The Kier molecular flexibility index (Phi) is 4.13. The van der Waals surface area contributed by atoms with Crippen LogP contribution in [0.1, 0.15) is 12.5 Å². The van der Waals surface area contributed by atoms with Crippen molar-refractivity contribution in [2.75, 3.05) is 7.11 Å². The minimum Gasteiger partial charge on any atom is -0.372 e. The minimum atomic E-state index is -0.390. The lowest BCUT2D eigenvalue weighted by atomic mass is 10.2. The summed E-state index contributed by atoms with van der Waals surface area (Å²) < 4.78 is 4.89. The smallest absolute Gasteiger partial charge is 0.249 e. The topological polar surface area (TPSA) is 38.3 Å². The maximum Gasteiger partial charge on any atom is 0.249 e. The Hall–Kier alpha value is -1.35. The fourth-order valence-electron chi connectivity index (χ4n) is 1.04. The summed E-state index contributed by atoms with van der Waals surface area (Å²) in [5, 5.41) is 2.79. The second kappa shape index (κ2) is 5.40. The van der Waals surface area contributed by atoms with Crippen LogP contribution in [0.4, 0.5) is 0 Å². The second-order valence-corrected chi connectivity index (χ2v) is 3.08. The van der Waals surface area contributed by atoms with E-state index in [1.165, 1.54) is 7.11 Å². The lowest BCUT2D eigenvalue weighted by Gasteiger charge is -2.09. The van der Waals surface area contributed by atoms with E-state index in [0.29, 0.717) is 6.54 Å². The van der Waals surface area contributed by atoms with E-state index < -0.39 is 6.10 Å². The van der Waals surface area contributed by atoms with Crippen LogP contribution in [-0.4, -0.2) is 19.1 Å². The molecule has 0 saturated heterocycles. The van der Waals surface area contributed by atoms with E-state index in [2.05, 4.69) is 5.32 Å². The summed E-state index contributed by atoms with van der Waals surface area (Å²) in [5.41, 5.74) is 1.09. The zero-order valence-corrected chi connectivity index (χ0v) is 8.49. The van der Waals surface area contributed by atoms with Gasteiger partial charge >= 0.3 is 0 Å². The minimum absolute atomic E-state index is 0.0867. The van der Waals surface area contributed by atoms with Gasteiger partial charge in [-0.25, -0.2) is 0 Å². The van der Waals surface area contributed by atoms with Crippen molar-refractivity contribution in [3.05, 3.63) is 35.9 Å². The number of carbonyl (C=O) groups is 1. The molecule has 0 aliphatic heterocycles. The van der Waals surface area contributed by atoms with Crippen LogP contribution in [0.3, 0.4) is 0 Å². The van der Waals surface area contributed by atoms with Crippen molar-refractivity contribution in [2.24, 2.45) is 0 Å². The predicted octanol–water partition coefficient (Wildman–Crippen LogP) is 1.34. The lowest BCUT2D eigenvalue weighted by Crippen LogP contribution is -2.33. The van der Waals surface area contributed by atoms with Crippen LogP contribution in [0.2, 0.25) is 0 Å². The maximum absolute atomic E-state index is 11.3. The molecule has 1 aromatic rings. The van der Waals surface area contributed by atoms with Crippen molar-refractivity contribution in [2.45, 2.75) is 19.6 Å². The number of benzene rings is 1. The largest absolute Gasteiger partial charge is 0.372 e. The highest BCUT2D eigenvalue weighted by atomic mass is 16.5. The standard InChI is InChI=1S/C11H15NO2/c1-9(14-2)11(13)12-8-10-6-4-3-5-7-10/h3-7,9H,8H2,1-2H3,(H,12,13). The van der Waals surface area contributed by atoms with Gasteiger partial charge < -0.3 is 10.1 Å². The molecule has 0 fully saturated rings. The van der Waals surface area contributed by atoms with Gasteiger partial charge in [0.05, 0.1) is 0 Å². The highest BCUT2D eigenvalue weighted by molar-refractivity contribution is 5.80. The normalized spacial score (nSPS) is 12.1. The van der Waals surface area contributed by atoms with Crippen molar-refractivity contribution in [3.8, 4) is 0 Å². The van der Waals surface area contributed by atoms with Crippen molar-refractivity contribution in [1.82, 2.24) is 5.32 Å². The molecule has 14 heavy (non-hydrogen) atoms. The first-order valence-corrected chi connectivity index (χ1v) is 4.58. The Morgan fingerprint density at radius 3 is 2.64 bits per heavy atom. The van der Waals surface area contributed by atoms with Crippen LogP contribution in [0.5, 0.6) is 0 Å².